The summed E-state index contributed by atoms with van der Waals surface area (Å²) >= 11 is 1.56. The van der Waals surface area contributed by atoms with E-state index in [1.54, 1.807) is 11.8 Å². The topological polar surface area (TPSA) is 42.0 Å². The molecule has 0 aliphatic heterocycles. The highest BCUT2D eigenvalue weighted by atomic mass is 32.2. The number of anilines is 1. The molecule has 140 valence electrons. The van der Waals surface area contributed by atoms with Crippen LogP contribution in [0, 0.1) is 0 Å². The molecule has 0 aliphatic rings. The van der Waals surface area contributed by atoms with E-state index in [1.165, 1.54) is 0 Å². The van der Waals surface area contributed by atoms with Crippen LogP contribution in [-0.2, 0) is 4.79 Å². The third-order valence-electron chi connectivity index (χ3n) is 4.92. The van der Waals surface area contributed by atoms with E-state index in [9.17, 15) is 4.79 Å². The molecule has 1 amide bonds. The van der Waals surface area contributed by atoms with E-state index in [4.69, 9.17) is 4.98 Å². The van der Waals surface area contributed by atoms with Crippen molar-refractivity contribution in [2.24, 2.45) is 0 Å². The first-order valence-corrected chi connectivity index (χ1v) is 10.5. The van der Waals surface area contributed by atoms with Crippen LogP contribution in [0.25, 0.3) is 32.6 Å². The molecule has 0 unspecified atom stereocenters. The fraction of sp³-hybridized carbons (Fsp3) is 0.0400. The minimum absolute atomic E-state index is 0.0183. The van der Waals surface area contributed by atoms with E-state index >= 15 is 0 Å². The lowest BCUT2D eigenvalue weighted by Gasteiger charge is -2.11. The number of hydrogen-bond acceptors (Lipinski definition) is 3. The number of carbonyl (C=O) groups is 1. The van der Waals surface area contributed by atoms with E-state index in [1.807, 2.05) is 66.7 Å². The molecule has 4 heteroatoms. The number of carbonyl (C=O) groups excluding carboxylic acids is 1. The zero-order valence-corrected chi connectivity index (χ0v) is 16.4. The molecule has 3 nitrogen and oxygen atoms in total. The van der Waals surface area contributed by atoms with Crippen LogP contribution in [0.2, 0.25) is 0 Å². The Morgan fingerprint density at radius 3 is 2.10 bits per heavy atom. The number of pyridine rings is 1. The van der Waals surface area contributed by atoms with Crippen LogP contribution in [0.3, 0.4) is 0 Å². The molecule has 0 fully saturated rings. The SMILES string of the molecule is O=C(CSc1c2ccccc2nc2ccccc12)Nc1ccc2ccccc2c1. The standard InChI is InChI=1S/C25H18N2OS/c28-24(26-19-14-13-17-7-1-2-8-18(17)15-19)16-29-25-20-9-3-5-11-22(20)27-23-12-6-4-10-21(23)25/h1-15H,16H2,(H,26,28). The van der Waals surface area contributed by atoms with Gasteiger partial charge in [-0.2, -0.15) is 0 Å². The molecule has 1 heterocycles. The van der Waals surface area contributed by atoms with Crippen LogP contribution < -0.4 is 5.32 Å². The zero-order valence-electron chi connectivity index (χ0n) is 15.6. The number of aromatic nitrogens is 1. The second kappa shape index (κ2) is 7.57. The first kappa shape index (κ1) is 17.7. The van der Waals surface area contributed by atoms with Gasteiger partial charge in [-0.05, 0) is 35.0 Å². The highest BCUT2D eigenvalue weighted by molar-refractivity contribution is 8.00. The first-order valence-electron chi connectivity index (χ1n) is 9.47. The van der Waals surface area contributed by atoms with Crippen LogP contribution in [-0.4, -0.2) is 16.6 Å². The van der Waals surface area contributed by atoms with Crippen molar-refractivity contribution in [3.63, 3.8) is 0 Å². The monoisotopic (exact) mass is 394 g/mol. The Balaban J connectivity index is 1.41. The largest absolute Gasteiger partial charge is 0.325 e. The molecule has 0 saturated carbocycles. The van der Waals surface area contributed by atoms with Crippen LogP contribution in [0.5, 0.6) is 0 Å². The van der Waals surface area contributed by atoms with Gasteiger partial charge in [-0.1, -0.05) is 66.7 Å². The molecule has 0 atom stereocenters. The summed E-state index contributed by atoms with van der Waals surface area (Å²) < 4.78 is 0. The molecule has 0 saturated heterocycles. The summed E-state index contributed by atoms with van der Waals surface area (Å²) in [5.41, 5.74) is 2.71. The minimum atomic E-state index is -0.0183. The fourth-order valence-electron chi connectivity index (χ4n) is 3.56. The number of rotatable bonds is 4. The van der Waals surface area contributed by atoms with Gasteiger partial charge in [0.25, 0.3) is 0 Å². The normalized spacial score (nSPS) is 11.2. The van der Waals surface area contributed by atoms with Crippen molar-refractivity contribution in [1.29, 1.82) is 0 Å². The quantitative estimate of drug-likeness (QED) is 0.288. The Bertz CT molecular complexity index is 1310. The summed E-state index contributed by atoms with van der Waals surface area (Å²) in [5, 5.41) is 7.46. The van der Waals surface area contributed by atoms with Crippen molar-refractivity contribution in [3.05, 3.63) is 91.0 Å². The highest BCUT2D eigenvalue weighted by Gasteiger charge is 2.11. The molecule has 1 N–H and O–H groups in total. The number of amides is 1. The second-order valence-electron chi connectivity index (χ2n) is 6.87. The van der Waals surface area contributed by atoms with Crippen LogP contribution in [0.1, 0.15) is 0 Å². The maximum atomic E-state index is 12.6. The smallest absolute Gasteiger partial charge is 0.234 e. The van der Waals surface area contributed by atoms with Crippen LogP contribution in [0.15, 0.2) is 95.9 Å². The Kier molecular flexibility index (Phi) is 4.62. The van der Waals surface area contributed by atoms with Gasteiger partial charge < -0.3 is 5.32 Å². The molecule has 1 aromatic heterocycles. The first-order chi connectivity index (χ1) is 14.3. The fourth-order valence-corrected chi connectivity index (χ4v) is 4.56. The van der Waals surface area contributed by atoms with Gasteiger partial charge in [0.2, 0.25) is 5.91 Å². The summed E-state index contributed by atoms with van der Waals surface area (Å²) in [6.45, 7) is 0. The van der Waals surface area contributed by atoms with Crippen LogP contribution in [0.4, 0.5) is 5.69 Å². The maximum absolute atomic E-state index is 12.6. The molecule has 0 radical (unpaired) electrons. The van der Waals surface area contributed by atoms with E-state index in [-0.39, 0.29) is 5.91 Å². The number of para-hydroxylation sites is 2. The van der Waals surface area contributed by atoms with Gasteiger partial charge in [0.05, 0.1) is 16.8 Å². The lowest BCUT2D eigenvalue weighted by atomic mass is 10.1. The Labute approximate surface area is 172 Å². The number of fused-ring (bicyclic) bond motifs is 3. The summed E-state index contributed by atoms with van der Waals surface area (Å²) in [4.78, 5) is 18.5. The molecule has 0 bridgehead atoms. The summed E-state index contributed by atoms with van der Waals surface area (Å²) in [6.07, 6.45) is 0. The highest BCUT2D eigenvalue weighted by Crippen LogP contribution is 2.34. The molecule has 0 spiro atoms. The molecule has 29 heavy (non-hydrogen) atoms. The molecule has 5 rings (SSSR count). The van der Waals surface area contributed by atoms with Gasteiger partial charge in [0, 0.05) is 21.4 Å². The molecular weight excluding hydrogens is 376 g/mol. The van der Waals surface area contributed by atoms with Gasteiger partial charge in [-0.25, -0.2) is 4.98 Å². The van der Waals surface area contributed by atoms with Gasteiger partial charge >= 0.3 is 0 Å². The Hall–Kier alpha value is -3.37. The summed E-state index contributed by atoms with van der Waals surface area (Å²) in [7, 11) is 0. The van der Waals surface area contributed by atoms with E-state index in [2.05, 4.69) is 29.6 Å². The van der Waals surface area contributed by atoms with E-state index in [0.29, 0.717) is 5.75 Å². The molecule has 4 aromatic carbocycles. The minimum Gasteiger partial charge on any atom is -0.325 e. The number of nitrogens with one attached hydrogen (secondary N) is 1. The second-order valence-corrected chi connectivity index (χ2v) is 7.86. The van der Waals surface area contributed by atoms with Gasteiger partial charge in [0.15, 0.2) is 0 Å². The van der Waals surface area contributed by atoms with Crippen molar-refractivity contribution >= 4 is 55.9 Å². The van der Waals surface area contributed by atoms with Crippen molar-refractivity contribution in [2.75, 3.05) is 11.1 Å². The van der Waals surface area contributed by atoms with Gasteiger partial charge in [0.1, 0.15) is 0 Å². The Morgan fingerprint density at radius 1 is 0.759 bits per heavy atom. The van der Waals surface area contributed by atoms with Crippen molar-refractivity contribution in [2.45, 2.75) is 4.90 Å². The summed E-state index contributed by atoms with van der Waals surface area (Å²) in [5.74, 6) is 0.320. The predicted molar refractivity (Wildman–Crippen MR) is 123 cm³/mol. The van der Waals surface area contributed by atoms with Gasteiger partial charge in [-0.3, -0.25) is 4.79 Å². The number of benzene rings is 4. The molecular formula is C25H18N2OS. The van der Waals surface area contributed by atoms with E-state index in [0.717, 1.165) is 43.2 Å². The average Bonchev–Trinajstić information content (AvgIpc) is 2.76. The number of thioether (sulfide) groups is 1. The predicted octanol–water partition coefficient (Wildman–Crippen LogP) is 6.27. The number of hydrogen-bond donors (Lipinski definition) is 1. The van der Waals surface area contributed by atoms with Gasteiger partial charge in [-0.15, -0.1) is 11.8 Å². The molecule has 0 aliphatic carbocycles. The third kappa shape index (κ3) is 3.55. The lowest BCUT2D eigenvalue weighted by molar-refractivity contribution is -0.113. The zero-order chi connectivity index (χ0) is 19.6. The van der Waals surface area contributed by atoms with Crippen molar-refractivity contribution in [1.82, 2.24) is 4.98 Å². The van der Waals surface area contributed by atoms with Crippen molar-refractivity contribution in [3.8, 4) is 0 Å². The summed E-state index contributed by atoms with van der Waals surface area (Å²) in [6, 6.07) is 30.3. The lowest BCUT2D eigenvalue weighted by Crippen LogP contribution is -2.14. The average molecular weight is 394 g/mol. The third-order valence-corrected chi connectivity index (χ3v) is 6.05. The number of nitrogens with zero attached hydrogens (tertiary/aromatic N) is 1. The molecule has 5 aromatic rings. The maximum Gasteiger partial charge on any atom is 0.234 e. The van der Waals surface area contributed by atoms with Crippen molar-refractivity contribution < 1.29 is 4.79 Å². The van der Waals surface area contributed by atoms with Crippen LogP contribution >= 0.6 is 11.8 Å². The Morgan fingerprint density at radius 2 is 1.38 bits per heavy atom. The van der Waals surface area contributed by atoms with E-state index < -0.39 is 0 Å².